The molecule has 8 N–H and O–H groups in total. The van der Waals surface area contributed by atoms with E-state index in [1.54, 1.807) is 49.6 Å². The van der Waals surface area contributed by atoms with Crippen LogP contribution in [0.4, 0.5) is 0 Å². The largest absolute Gasteiger partial charge is 1.00 e. The van der Waals surface area contributed by atoms with E-state index in [4.69, 9.17) is 30.6 Å². The average molecular weight is 1910 g/mol. The Morgan fingerprint density at radius 3 is 0.361 bits per heavy atom. The van der Waals surface area contributed by atoms with Gasteiger partial charge in [0.1, 0.15) is 0 Å². The molecule has 8 aromatic heterocycles. The Hall–Kier alpha value is -10.7. The summed E-state index contributed by atoms with van der Waals surface area (Å²) in [4.78, 5) is 210. The SMILES string of the molecule is CCCCCCn1ccc(=O)[nH]c1=O.CCCCCCn1ccc(=O)[nH]c1=O.CCCCCCn1ccc(=O)[nH]c1=O.CCCCCCn1ccc(=O)[nH]c1=O.CCCCCCn1ccc(=O)[nH]c1=O.CCCCCCn1ccc(=O)[nH]c1=O.CCCCCCn1ccc(=O)[nH]c1=O.CCCCCCn1ccc(=O)[nH]c1=O.O=[N+]([O-])[O-].O=[N+]([O-])[O-].[Ag+].[Ag+]. The van der Waals surface area contributed by atoms with Crippen LogP contribution in [-0.4, -0.2) is 86.6 Å². The molecule has 8 aromatic rings. The molecule has 122 heavy (non-hydrogen) atoms. The van der Waals surface area contributed by atoms with E-state index in [1.165, 1.54) is 188 Å². The summed E-state index contributed by atoms with van der Waals surface area (Å²) in [5.41, 5.74) is -5.16. The molecule has 0 spiro atoms. The monoisotopic (exact) mass is 1910 g/mol. The minimum Gasteiger partial charge on any atom is -0.356 e. The maximum absolute atomic E-state index is 11.2. The van der Waals surface area contributed by atoms with Crippen molar-refractivity contribution < 1.29 is 54.9 Å². The van der Waals surface area contributed by atoms with Crippen molar-refractivity contribution in [2.24, 2.45) is 0 Å². The number of aromatic nitrogens is 16. The van der Waals surface area contributed by atoms with E-state index in [0.717, 1.165) is 103 Å². The number of hydrogen-bond donors (Lipinski definition) is 8. The van der Waals surface area contributed by atoms with Crippen molar-refractivity contribution in [1.82, 2.24) is 76.4 Å². The zero-order valence-electron chi connectivity index (χ0n) is 71.6. The first-order chi connectivity index (χ1) is 57.4. The molecule has 0 aliphatic rings. The summed E-state index contributed by atoms with van der Waals surface area (Å²) in [6.07, 6.45) is 48.3. The van der Waals surface area contributed by atoms with Gasteiger partial charge in [-0.05, 0) is 51.4 Å². The maximum Gasteiger partial charge on any atom is 1.00 e. The van der Waals surface area contributed by atoms with Crippen LogP contribution in [0.2, 0.25) is 0 Å². The van der Waals surface area contributed by atoms with Gasteiger partial charge in [-0.25, -0.2) is 38.4 Å². The van der Waals surface area contributed by atoms with E-state index in [-0.39, 0.29) is 135 Å². The van der Waals surface area contributed by atoms with Gasteiger partial charge in [-0.3, -0.25) is 78.2 Å². The molecule has 8 rings (SSSR count). The number of rotatable bonds is 40. The Morgan fingerprint density at radius 1 is 0.197 bits per heavy atom. The molecule has 0 aromatic carbocycles. The van der Waals surface area contributed by atoms with Crippen LogP contribution >= 0.6 is 0 Å². The van der Waals surface area contributed by atoms with E-state index >= 15 is 0 Å². The Labute approximate surface area is 735 Å². The Bertz CT molecular complexity index is 4170. The van der Waals surface area contributed by atoms with Gasteiger partial charge >= 0.3 is 90.3 Å². The minimum absolute atomic E-state index is 0. The number of aryl methyl sites for hydroxylation is 8. The molecular weight excluding hydrogens is 1780 g/mol. The molecule has 42 heteroatoms. The Balaban J connectivity index is -0.000000642. The first-order valence-electron chi connectivity index (χ1n) is 41.4. The first-order valence-corrected chi connectivity index (χ1v) is 41.4. The van der Waals surface area contributed by atoms with Crippen molar-refractivity contribution in [3.8, 4) is 0 Å². The second-order valence-corrected chi connectivity index (χ2v) is 27.4. The maximum atomic E-state index is 11.2. The van der Waals surface area contributed by atoms with E-state index < -0.39 is 10.2 Å². The molecule has 0 bridgehead atoms. The zero-order valence-corrected chi connectivity index (χ0v) is 74.5. The van der Waals surface area contributed by atoms with Crippen LogP contribution in [0.25, 0.3) is 0 Å². The van der Waals surface area contributed by atoms with E-state index in [2.05, 4.69) is 95.3 Å². The van der Waals surface area contributed by atoms with E-state index in [0.29, 0.717) is 52.4 Å². The summed E-state index contributed by atoms with van der Waals surface area (Å²) in [6.45, 7) is 22.7. The fourth-order valence-corrected chi connectivity index (χ4v) is 10.6. The van der Waals surface area contributed by atoms with Gasteiger partial charge in [0, 0.05) is 150 Å². The third-order valence-electron chi connectivity index (χ3n) is 17.2. The number of H-pyrrole nitrogens is 8. The molecule has 0 unspecified atom stereocenters. The average Bonchev–Trinajstić information content (AvgIpc) is 0.945. The summed E-state index contributed by atoms with van der Waals surface area (Å²) < 4.78 is 12.3. The van der Waals surface area contributed by atoms with Gasteiger partial charge in [0.15, 0.2) is 0 Å². The van der Waals surface area contributed by atoms with Gasteiger partial charge in [-0.2, -0.15) is 0 Å². The van der Waals surface area contributed by atoms with Crippen molar-refractivity contribution in [3.63, 3.8) is 0 Å². The second-order valence-electron chi connectivity index (χ2n) is 27.4. The number of nitrogens with zero attached hydrogens (tertiary/aromatic N) is 10. The molecule has 0 saturated heterocycles. The number of nitrogens with one attached hydrogen (secondary N) is 8. The fourth-order valence-electron chi connectivity index (χ4n) is 10.6. The Kier molecular flexibility index (Phi) is 73.7. The summed E-state index contributed by atoms with van der Waals surface area (Å²) >= 11 is 0. The summed E-state index contributed by atoms with van der Waals surface area (Å²) in [7, 11) is 0. The van der Waals surface area contributed by atoms with Crippen molar-refractivity contribution >= 4 is 0 Å². The van der Waals surface area contributed by atoms with Crippen molar-refractivity contribution in [1.29, 1.82) is 0 Å². The van der Waals surface area contributed by atoms with Crippen LogP contribution in [0.5, 0.6) is 0 Å². The minimum atomic E-state index is -1.75. The zero-order chi connectivity index (χ0) is 90.3. The van der Waals surface area contributed by atoms with Gasteiger partial charge < -0.3 is 67.2 Å². The van der Waals surface area contributed by atoms with Crippen LogP contribution in [0.3, 0.4) is 0 Å². The molecule has 40 nitrogen and oxygen atoms in total. The molecule has 0 aliphatic carbocycles. The number of hydrogen-bond acceptors (Lipinski definition) is 22. The molecule has 0 atom stereocenters. The topological polar surface area (TPSA) is 571 Å². The molecule has 0 saturated carbocycles. The third kappa shape index (κ3) is 64.2. The van der Waals surface area contributed by atoms with Crippen molar-refractivity contribution in [2.75, 3.05) is 0 Å². The summed E-state index contributed by atoms with van der Waals surface area (Å²) in [5.74, 6) is 0. The Morgan fingerprint density at radius 2 is 0.287 bits per heavy atom. The first kappa shape index (κ1) is 118. The quantitative estimate of drug-likeness (QED) is 0.00772. The van der Waals surface area contributed by atoms with Crippen LogP contribution in [0.15, 0.2) is 175 Å². The van der Waals surface area contributed by atoms with Crippen molar-refractivity contribution in [2.45, 2.75) is 313 Å². The van der Waals surface area contributed by atoms with Gasteiger partial charge in [-0.1, -0.05) is 209 Å². The normalized spacial score (nSPS) is 9.90. The van der Waals surface area contributed by atoms with E-state index in [9.17, 15) is 76.7 Å². The van der Waals surface area contributed by atoms with Crippen LogP contribution in [0, 0.1) is 30.6 Å². The predicted octanol–water partition coefficient (Wildman–Crippen LogP) is 8.45. The molecular formula is C80H128Ag2N18O22. The van der Waals surface area contributed by atoms with Gasteiger partial charge in [-0.15, -0.1) is 0 Å². The second kappa shape index (κ2) is 76.5. The van der Waals surface area contributed by atoms with Crippen LogP contribution < -0.4 is 90.0 Å². The van der Waals surface area contributed by atoms with E-state index in [1.807, 2.05) is 0 Å². The third-order valence-corrected chi connectivity index (χ3v) is 17.2. The molecule has 0 fully saturated rings. The number of aromatic amines is 8. The van der Waals surface area contributed by atoms with Crippen LogP contribution in [-0.2, 0) is 97.1 Å². The molecule has 8 heterocycles. The fraction of sp³-hybridized carbons (Fsp3) is 0.600. The molecule has 692 valence electrons. The predicted molar refractivity (Wildman–Crippen MR) is 464 cm³/mol. The van der Waals surface area contributed by atoms with Gasteiger partial charge in [0.25, 0.3) is 44.5 Å². The number of unbranched alkanes of at least 4 members (excludes halogenated alkanes) is 24. The smallest absolute Gasteiger partial charge is 0.356 e. The van der Waals surface area contributed by atoms with Crippen LogP contribution in [0.1, 0.15) is 261 Å². The summed E-state index contributed by atoms with van der Waals surface area (Å²) in [5, 5.41) is 29.5. The standard InChI is InChI=1S/8C10H16N2O2.2Ag.2NO3/c8*1-2-3-4-5-7-12-8-6-9(13)11-10(12)14;;;2*2-1(3)4/h8*6,8H,2-5,7H2,1H3,(H,11,13,14);;;;/q;;;;;;;;2*+1;2*-1. The van der Waals surface area contributed by atoms with Gasteiger partial charge in [0.05, 0.1) is 10.2 Å². The molecule has 0 radical (unpaired) electrons. The van der Waals surface area contributed by atoms with Gasteiger partial charge in [0.2, 0.25) is 0 Å². The summed E-state index contributed by atoms with van der Waals surface area (Å²) in [6, 6.07) is 11.0. The molecule has 0 aliphatic heterocycles. The van der Waals surface area contributed by atoms with Crippen molar-refractivity contribution in [3.05, 3.63) is 295 Å². The molecule has 0 amide bonds.